The highest BCUT2D eigenvalue weighted by Gasteiger charge is 2.17. The van der Waals surface area contributed by atoms with Crippen molar-refractivity contribution in [3.8, 4) is 0 Å². The van der Waals surface area contributed by atoms with Crippen LogP contribution in [0.5, 0.6) is 0 Å². The highest BCUT2D eigenvalue weighted by molar-refractivity contribution is 5.66. The van der Waals surface area contributed by atoms with Crippen molar-refractivity contribution in [2.75, 3.05) is 46.1 Å². The molecule has 0 saturated heterocycles. The van der Waals surface area contributed by atoms with Crippen molar-refractivity contribution in [2.45, 2.75) is 19.9 Å². The van der Waals surface area contributed by atoms with Crippen molar-refractivity contribution in [3.63, 3.8) is 0 Å². The Morgan fingerprint density at radius 2 is 2.00 bits per heavy atom. The van der Waals surface area contributed by atoms with E-state index in [2.05, 4.69) is 36.1 Å². The van der Waals surface area contributed by atoms with Gasteiger partial charge in [-0.25, -0.2) is 0 Å². The molecule has 0 unspecified atom stereocenters. The summed E-state index contributed by atoms with van der Waals surface area (Å²) in [5.74, 6) is 0. The number of nitro groups is 1. The lowest BCUT2D eigenvalue weighted by molar-refractivity contribution is -0.384. The Hall–Kier alpha value is -1.66. The summed E-state index contributed by atoms with van der Waals surface area (Å²) in [4.78, 5) is 15.2. The lowest BCUT2D eigenvalue weighted by Crippen LogP contribution is -2.27. The molecule has 0 spiro atoms. The van der Waals surface area contributed by atoms with Crippen LogP contribution in [0, 0.1) is 10.1 Å². The number of benzene rings is 1. The SMILES string of the molecule is CCN(CCCN(C)C)Cc1cccc([N+](=O)[O-])c1NC. The Labute approximate surface area is 126 Å². The summed E-state index contributed by atoms with van der Waals surface area (Å²) in [7, 11) is 5.86. The van der Waals surface area contributed by atoms with Crippen LogP contribution in [0.3, 0.4) is 0 Å². The number of nitro benzene ring substituents is 1. The van der Waals surface area contributed by atoms with Crippen molar-refractivity contribution in [3.05, 3.63) is 33.9 Å². The number of hydrogen-bond acceptors (Lipinski definition) is 5. The average Bonchev–Trinajstić information content (AvgIpc) is 2.45. The van der Waals surface area contributed by atoms with Crippen molar-refractivity contribution >= 4 is 11.4 Å². The molecule has 21 heavy (non-hydrogen) atoms. The number of anilines is 1. The minimum Gasteiger partial charge on any atom is -0.382 e. The van der Waals surface area contributed by atoms with Crippen LogP contribution < -0.4 is 5.32 Å². The van der Waals surface area contributed by atoms with Gasteiger partial charge in [0.15, 0.2) is 0 Å². The Balaban J connectivity index is 2.80. The molecule has 0 aliphatic carbocycles. The maximum Gasteiger partial charge on any atom is 0.292 e. The number of nitrogens with one attached hydrogen (secondary N) is 1. The molecule has 0 atom stereocenters. The Kier molecular flexibility index (Phi) is 7.11. The third-order valence-corrected chi connectivity index (χ3v) is 3.50. The number of rotatable bonds is 9. The highest BCUT2D eigenvalue weighted by Crippen LogP contribution is 2.28. The molecule has 0 heterocycles. The van der Waals surface area contributed by atoms with E-state index < -0.39 is 0 Å². The maximum absolute atomic E-state index is 11.1. The molecule has 1 N–H and O–H groups in total. The minimum absolute atomic E-state index is 0.138. The van der Waals surface area contributed by atoms with Gasteiger partial charge in [0, 0.05) is 19.7 Å². The molecular weight excluding hydrogens is 268 g/mol. The summed E-state index contributed by atoms with van der Waals surface area (Å²) in [5, 5.41) is 14.1. The molecule has 0 bridgehead atoms. The van der Waals surface area contributed by atoms with Gasteiger partial charge in [-0.1, -0.05) is 19.1 Å². The Morgan fingerprint density at radius 1 is 1.29 bits per heavy atom. The summed E-state index contributed by atoms with van der Waals surface area (Å²) in [6.07, 6.45) is 1.09. The second-order valence-corrected chi connectivity index (χ2v) is 5.34. The topological polar surface area (TPSA) is 61.7 Å². The van der Waals surface area contributed by atoms with Gasteiger partial charge in [0.2, 0.25) is 0 Å². The van der Waals surface area contributed by atoms with Gasteiger partial charge in [0.05, 0.1) is 4.92 Å². The number of para-hydroxylation sites is 1. The minimum atomic E-state index is -0.336. The smallest absolute Gasteiger partial charge is 0.292 e. The molecule has 0 amide bonds. The zero-order chi connectivity index (χ0) is 15.8. The molecule has 1 aromatic rings. The van der Waals surface area contributed by atoms with Gasteiger partial charge in [-0.3, -0.25) is 15.0 Å². The van der Waals surface area contributed by atoms with Crippen LogP contribution in [0.25, 0.3) is 0 Å². The molecule has 6 nitrogen and oxygen atoms in total. The van der Waals surface area contributed by atoms with Crippen LogP contribution in [-0.4, -0.2) is 55.5 Å². The van der Waals surface area contributed by atoms with Crippen molar-refractivity contribution in [1.29, 1.82) is 0 Å². The van der Waals surface area contributed by atoms with Crippen LogP contribution >= 0.6 is 0 Å². The summed E-state index contributed by atoms with van der Waals surface area (Å²) < 4.78 is 0. The van der Waals surface area contributed by atoms with E-state index in [0.29, 0.717) is 5.69 Å². The molecule has 0 aromatic heterocycles. The lowest BCUT2D eigenvalue weighted by atomic mass is 10.1. The molecule has 118 valence electrons. The van der Waals surface area contributed by atoms with Gasteiger partial charge >= 0.3 is 0 Å². The summed E-state index contributed by atoms with van der Waals surface area (Å²) >= 11 is 0. The van der Waals surface area contributed by atoms with Crippen molar-refractivity contribution in [1.82, 2.24) is 9.80 Å². The van der Waals surface area contributed by atoms with Crippen LogP contribution in [0.4, 0.5) is 11.4 Å². The fourth-order valence-corrected chi connectivity index (χ4v) is 2.36. The van der Waals surface area contributed by atoms with Gasteiger partial charge in [-0.2, -0.15) is 0 Å². The molecule has 0 aliphatic heterocycles. The zero-order valence-corrected chi connectivity index (χ0v) is 13.4. The van der Waals surface area contributed by atoms with E-state index in [0.717, 1.165) is 38.2 Å². The lowest BCUT2D eigenvalue weighted by Gasteiger charge is -2.22. The molecule has 0 radical (unpaired) electrons. The van der Waals surface area contributed by atoms with E-state index in [1.807, 2.05) is 6.07 Å². The quantitative estimate of drug-likeness (QED) is 0.560. The van der Waals surface area contributed by atoms with Crippen LogP contribution in [0.1, 0.15) is 18.9 Å². The van der Waals surface area contributed by atoms with Crippen LogP contribution in [0.15, 0.2) is 18.2 Å². The molecule has 0 fully saturated rings. The standard InChI is InChI=1S/C15H26N4O2/c1-5-18(11-7-10-17(3)4)12-13-8-6-9-14(19(20)21)15(13)16-2/h6,8-9,16H,5,7,10-12H2,1-4H3. The third kappa shape index (κ3) is 5.32. The van der Waals surface area contributed by atoms with E-state index in [-0.39, 0.29) is 10.6 Å². The van der Waals surface area contributed by atoms with Gasteiger partial charge in [0.25, 0.3) is 5.69 Å². The number of hydrogen-bond donors (Lipinski definition) is 1. The summed E-state index contributed by atoms with van der Waals surface area (Å²) in [5.41, 5.74) is 1.73. The normalized spacial score (nSPS) is 11.1. The predicted molar refractivity (Wildman–Crippen MR) is 86.8 cm³/mol. The van der Waals surface area contributed by atoms with E-state index in [9.17, 15) is 10.1 Å². The monoisotopic (exact) mass is 294 g/mol. The van der Waals surface area contributed by atoms with Gasteiger partial charge in [-0.15, -0.1) is 0 Å². The second-order valence-electron chi connectivity index (χ2n) is 5.34. The molecule has 1 aromatic carbocycles. The first kappa shape index (κ1) is 17.4. The van der Waals surface area contributed by atoms with E-state index in [1.54, 1.807) is 13.1 Å². The Bertz CT molecular complexity index is 463. The van der Waals surface area contributed by atoms with E-state index >= 15 is 0 Å². The zero-order valence-electron chi connectivity index (χ0n) is 13.4. The first-order chi connectivity index (χ1) is 9.99. The van der Waals surface area contributed by atoms with Crippen LogP contribution in [-0.2, 0) is 6.54 Å². The fourth-order valence-electron chi connectivity index (χ4n) is 2.36. The fraction of sp³-hybridized carbons (Fsp3) is 0.600. The second kappa shape index (κ2) is 8.59. The summed E-state index contributed by atoms with van der Waals surface area (Å²) in [6, 6.07) is 5.24. The maximum atomic E-state index is 11.1. The Morgan fingerprint density at radius 3 is 2.52 bits per heavy atom. The average molecular weight is 294 g/mol. The third-order valence-electron chi connectivity index (χ3n) is 3.50. The van der Waals surface area contributed by atoms with Crippen molar-refractivity contribution in [2.24, 2.45) is 0 Å². The molecule has 0 saturated carbocycles. The van der Waals surface area contributed by atoms with E-state index in [1.165, 1.54) is 6.07 Å². The van der Waals surface area contributed by atoms with Gasteiger partial charge in [0.1, 0.15) is 5.69 Å². The highest BCUT2D eigenvalue weighted by atomic mass is 16.6. The first-order valence-electron chi connectivity index (χ1n) is 7.30. The van der Waals surface area contributed by atoms with Crippen molar-refractivity contribution < 1.29 is 4.92 Å². The molecular formula is C15H26N4O2. The molecule has 6 heteroatoms. The van der Waals surface area contributed by atoms with E-state index in [4.69, 9.17) is 0 Å². The summed E-state index contributed by atoms with van der Waals surface area (Å²) in [6.45, 7) is 5.80. The largest absolute Gasteiger partial charge is 0.382 e. The number of nitrogens with zero attached hydrogens (tertiary/aromatic N) is 3. The van der Waals surface area contributed by atoms with Gasteiger partial charge < -0.3 is 10.2 Å². The predicted octanol–water partition coefficient (Wildman–Crippen LogP) is 2.41. The molecule has 0 aliphatic rings. The van der Waals surface area contributed by atoms with Crippen LogP contribution in [0.2, 0.25) is 0 Å². The van der Waals surface area contributed by atoms with Gasteiger partial charge in [-0.05, 0) is 45.7 Å². The molecule has 1 rings (SSSR count). The first-order valence-corrected chi connectivity index (χ1v) is 7.30.